The molecule has 3 rings (SSSR count). The second-order valence-electron chi connectivity index (χ2n) is 5.84. The number of hydrogen-bond donors (Lipinski definition) is 1. The van der Waals surface area contributed by atoms with E-state index < -0.39 is 0 Å². The average molecular weight is 512 g/mol. The van der Waals surface area contributed by atoms with Crippen molar-refractivity contribution in [1.29, 1.82) is 0 Å². The van der Waals surface area contributed by atoms with E-state index in [4.69, 9.17) is 21.1 Å². The van der Waals surface area contributed by atoms with Gasteiger partial charge in [0.05, 0.1) is 7.11 Å². The third-order valence-electron chi connectivity index (χ3n) is 3.97. The van der Waals surface area contributed by atoms with E-state index in [-0.39, 0.29) is 0 Å². The SMILES string of the molecule is COc1ccc(Br)c(CNc2ccc(Br)cc2)c1OCc1cccc(Cl)c1. The van der Waals surface area contributed by atoms with Gasteiger partial charge in [-0.2, -0.15) is 0 Å². The third kappa shape index (κ3) is 5.41. The monoisotopic (exact) mass is 509 g/mol. The standard InChI is InChI=1S/C21H18Br2ClNO2/c1-26-20-10-9-19(23)18(12-25-17-7-5-15(22)6-8-17)21(20)27-13-14-3-2-4-16(24)11-14/h2-11,25H,12-13H2,1H3. The molecule has 0 atom stereocenters. The number of ether oxygens (including phenoxy) is 2. The Morgan fingerprint density at radius 1 is 1.00 bits per heavy atom. The smallest absolute Gasteiger partial charge is 0.167 e. The Hall–Kier alpha value is -1.69. The zero-order valence-electron chi connectivity index (χ0n) is 14.6. The van der Waals surface area contributed by atoms with E-state index in [9.17, 15) is 0 Å². The van der Waals surface area contributed by atoms with E-state index in [1.165, 1.54) is 0 Å². The predicted octanol–water partition coefficient (Wildman–Crippen LogP) is 7.06. The molecule has 1 N–H and O–H groups in total. The Labute approximate surface area is 180 Å². The van der Waals surface area contributed by atoms with Crippen molar-refractivity contribution < 1.29 is 9.47 Å². The summed E-state index contributed by atoms with van der Waals surface area (Å²) in [5.74, 6) is 1.39. The molecule has 3 nitrogen and oxygen atoms in total. The van der Waals surface area contributed by atoms with Crippen LogP contribution in [0.2, 0.25) is 5.02 Å². The number of methoxy groups -OCH3 is 1. The number of rotatable bonds is 7. The van der Waals surface area contributed by atoms with Crippen molar-refractivity contribution in [2.75, 3.05) is 12.4 Å². The van der Waals surface area contributed by atoms with Crippen molar-refractivity contribution in [3.05, 3.63) is 85.8 Å². The van der Waals surface area contributed by atoms with E-state index in [0.29, 0.717) is 29.7 Å². The minimum Gasteiger partial charge on any atom is -0.493 e. The van der Waals surface area contributed by atoms with Crippen molar-refractivity contribution in [3.8, 4) is 11.5 Å². The summed E-state index contributed by atoms with van der Waals surface area (Å²) in [6, 6.07) is 19.5. The van der Waals surface area contributed by atoms with E-state index in [1.54, 1.807) is 7.11 Å². The summed E-state index contributed by atoms with van der Waals surface area (Å²) in [5.41, 5.74) is 3.00. The lowest BCUT2D eigenvalue weighted by Gasteiger charge is -2.18. The van der Waals surface area contributed by atoms with Crippen LogP contribution in [-0.4, -0.2) is 7.11 Å². The van der Waals surface area contributed by atoms with Crippen molar-refractivity contribution >= 4 is 49.1 Å². The topological polar surface area (TPSA) is 30.5 Å². The molecule has 0 amide bonds. The first-order valence-corrected chi connectivity index (χ1v) is 10.3. The Bertz CT molecular complexity index is 917. The second kappa shape index (κ2) is 9.49. The molecule has 0 saturated heterocycles. The molecule has 0 saturated carbocycles. The van der Waals surface area contributed by atoms with Crippen LogP contribution in [0.3, 0.4) is 0 Å². The van der Waals surface area contributed by atoms with Crippen LogP contribution in [-0.2, 0) is 13.2 Å². The van der Waals surface area contributed by atoms with Crippen molar-refractivity contribution in [1.82, 2.24) is 0 Å². The number of nitrogens with one attached hydrogen (secondary N) is 1. The summed E-state index contributed by atoms with van der Waals surface area (Å²) in [5, 5.41) is 4.11. The van der Waals surface area contributed by atoms with Gasteiger partial charge in [-0.05, 0) is 54.1 Å². The Balaban J connectivity index is 1.82. The zero-order chi connectivity index (χ0) is 19.2. The van der Waals surface area contributed by atoms with E-state index in [2.05, 4.69) is 37.2 Å². The van der Waals surface area contributed by atoms with Crippen LogP contribution in [0.5, 0.6) is 11.5 Å². The highest BCUT2D eigenvalue weighted by Crippen LogP contribution is 2.37. The largest absolute Gasteiger partial charge is 0.493 e. The van der Waals surface area contributed by atoms with Crippen LogP contribution in [0.25, 0.3) is 0 Å². The first-order valence-electron chi connectivity index (χ1n) is 8.29. The van der Waals surface area contributed by atoms with Crippen LogP contribution in [0.15, 0.2) is 69.6 Å². The van der Waals surface area contributed by atoms with Crippen molar-refractivity contribution in [2.45, 2.75) is 13.2 Å². The van der Waals surface area contributed by atoms with Crippen LogP contribution >= 0.6 is 43.5 Å². The zero-order valence-corrected chi connectivity index (χ0v) is 18.6. The number of hydrogen-bond acceptors (Lipinski definition) is 3. The van der Waals surface area contributed by atoms with E-state index >= 15 is 0 Å². The average Bonchev–Trinajstić information content (AvgIpc) is 2.67. The van der Waals surface area contributed by atoms with Gasteiger partial charge in [0.2, 0.25) is 0 Å². The third-order valence-corrected chi connectivity index (χ3v) is 5.48. The summed E-state index contributed by atoms with van der Waals surface area (Å²) in [4.78, 5) is 0. The Morgan fingerprint density at radius 2 is 1.78 bits per heavy atom. The molecule has 0 spiro atoms. The highest BCUT2D eigenvalue weighted by atomic mass is 79.9. The summed E-state index contributed by atoms with van der Waals surface area (Å²) >= 11 is 13.1. The molecule has 0 radical (unpaired) electrons. The minimum atomic E-state index is 0.401. The van der Waals surface area contributed by atoms with Gasteiger partial charge in [-0.25, -0.2) is 0 Å². The maximum atomic E-state index is 6.13. The summed E-state index contributed by atoms with van der Waals surface area (Å²) < 4.78 is 13.6. The molecule has 0 aromatic heterocycles. The van der Waals surface area contributed by atoms with Gasteiger partial charge in [0.25, 0.3) is 0 Å². The molecule has 6 heteroatoms. The lowest BCUT2D eigenvalue weighted by molar-refractivity contribution is 0.281. The Kier molecular flexibility index (Phi) is 7.05. The molecule has 0 aliphatic heterocycles. The van der Waals surface area contributed by atoms with Gasteiger partial charge in [-0.1, -0.05) is 55.6 Å². The summed E-state index contributed by atoms with van der Waals surface area (Å²) in [6.45, 7) is 0.989. The van der Waals surface area contributed by atoms with Gasteiger partial charge in [-0.15, -0.1) is 0 Å². The maximum Gasteiger partial charge on any atom is 0.167 e. The highest BCUT2D eigenvalue weighted by Gasteiger charge is 2.15. The second-order valence-corrected chi connectivity index (χ2v) is 8.04. The first kappa shape index (κ1) is 20.1. The predicted molar refractivity (Wildman–Crippen MR) is 118 cm³/mol. The minimum absolute atomic E-state index is 0.401. The quantitative estimate of drug-likeness (QED) is 0.368. The van der Waals surface area contributed by atoms with Gasteiger partial charge in [0.15, 0.2) is 11.5 Å². The van der Waals surface area contributed by atoms with E-state index in [1.807, 2.05) is 60.7 Å². The number of halogens is 3. The Morgan fingerprint density at radius 3 is 2.48 bits per heavy atom. The van der Waals surface area contributed by atoms with Crippen LogP contribution in [0.4, 0.5) is 5.69 Å². The molecule has 0 bridgehead atoms. The normalized spacial score (nSPS) is 10.5. The molecule has 0 aliphatic rings. The first-order chi connectivity index (χ1) is 13.1. The van der Waals surface area contributed by atoms with Crippen LogP contribution in [0, 0.1) is 0 Å². The van der Waals surface area contributed by atoms with E-state index in [0.717, 1.165) is 25.8 Å². The van der Waals surface area contributed by atoms with Gasteiger partial charge in [0.1, 0.15) is 6.61 Å². The molecule has 27 heavy (non-hydrogen) atoms. The van der Waals surface area contributed by atoms with Crippen molar-refractivity contribution in [2.24, 2.45) is 0 Å². The lowest BCUT2D eigenvalue weighted by Crippen LogP contribution is -2.06. The van der Waals surface area contributed by atoms with Gasteiger partial charge < -0.3 is 14.8 Å². The maximum absolute atomic E-state index is 6.13. The molecule has 0 unspecified atom stereocenters. The van der Waals surface area contributed by atoms with Gasteiger partial charge in [-0.3, -0.25) is 0 Å². The van der Waals surface area contributed by atoms with Crippen LogP contribution < -0.4 is 14.8 Å². The molecule has 0 aliphatic carbocycles. The summed E-state index contributed by atoms with van der Waals surface area (Å²) in [6.07, 6.45) is 0. The van der Waals surface area contributed by atoms with Gasteiger partial charge >= 0.3 is 0 Å². The van der Waals surface area contributed by atoms with Crippen molar-refractivity contribution in [3.63, 3.8) is 0 Å². The molecule has 140 valence electrons. The fourth-order valence-electron chi connectivity index (χ4n) is 2.61. The lowest BCUT2D eigenvalue weighted by atomic mass is 10.1. The molecular formula is C21H18Br2ClNO2. The molecule has 3 aromatic carbocycles. The molecule has 3 aromatic rings. The summed E-state index contributed by atoms with van der Waals surface area (Å²) in [7, 11) is 1.64. The fraction of sp³-hybridized carbons (Fsp3) is 0.143. The highest BCUT2D eigenvalue weighted by molar-refractivity contribution is 9.10. The molecular weight excluding hydrogens is 493 g/mol. The number of benzene rings is 3. The fourth-order valence-corrected chi connectivity index (χ4v) is 3.54. The molecule has 0 heterocycles. The number of anilines is 1. The van der Waals surface area contributed by atoms with Gasteiger partial charge in [0, 0.05) is 31.8 Å². The van der Waals surface area contributed by atoms with Crippen LogP contribution in [0.1, 0.15) is 11.1 Å². The molecule has 0 fully saturated rings.